The summed E-state index contributed by atoms with van der Waals surface area (Å²) in [6, 6.07) is 0. The molecule has 2 heterocycles. The summed E-state index contributed by atoms with van der Waals surface area (Å²) in [5.41, 5.74) is 7.34. The van der Waals surface area contributed by atoms with Crippen LogP contribution in [0.3, 0.4) is 0 Å². The number of anilines is 1. The number of alkyl halides is 3. The molecule has 90 valence electrons. The third-order valence-electron chi connectivity index (χ3n) is 2.76. The molecule has 2 rings (SSSR count). The molecule has 0 saturated heterocycles. The van der Waals surface area contributed by atoms with E-state index in [2.05, 4.69) is 5.10 Å². The second-order valence-electron chi connectivity index (χ2n) is 4.01. The van der Waals surface area contributed by atoms with Gasteiger partial charge >= 0.3 is 6.18 Å². The SMILES string of the molecule is Cn1nc(N)c2c1CN(CC(F)(F)F)CC2. The van der Waals surface area contributed by atoms with Crippen molar-refractivity contribution in [3.05, 3.63) is 11.3 Å². The monoisotopic (exact) mass is 234 g/mol. The smallest absolute Gasteiger partial charge is 0.382 e. The Labute approximate surface area is 90.8 Å². The van der Waals surface area contributed by atoms with Crippen LogP contribution in [-0.4, -0.2) is 33.9 Å². The van der Waals surface area contributed by atoms with E-state index in [0.29, 0.717) is 18.8 Å². The van der Waals surface area contributed by atoms with Gasteiger partial charge in [-0.1, -0.05) is 0 Å². The lowest BCUT2D eigenvalue weighted by Crippen LogP contribution is -2.38. The minimum atomic E-state index is -4.15. The van der Waals surface area contributed by atoms with Gasteiger partial charge in [0.15, 0.2) is 0 Å². The van der Waals surface area contributed by atoms with Crippen molar-refractivity contribution >= 4 is 5.82 Å². The average molecular weight is 234 g/mol. The number of rotatable bonds is 1. The van der Waals surface area contributed by atoms with Gasteiger partial charge in [0.25, 0.3) is 0 Å². The molecule has 1 aromatic heterocycles. The van der Waals surface area contributed by atoms with E-state index in [1.807, 2.05) is 0 Å². The number of fused-ring (bicyclic) bond motifs is 1. The molecule has 2 N–H and O–H groups in total. The van der Waals surface area contributed by atoms with Gasteiger partial charge < -0.3 is 5.73 Å². The fourth-order valence-electron chi connectivity index (χ4n) is 2.04. The molecule has 16 heavy (non-hydrogen) atoms. The first-order chi connectivity index (χ1) is 7.37. The molecular formula is C9H13F3N4. The fourth-order valence-corrected chi connectivity index (χ4v) is 2.04. The van der Waals surface area contributed by atoms with Gasteiger partial charge in [0, 0.05) is 25.7 Å². The predicted octanol–water partition coefficient (Wildman–Crippen LogP) is 0.923. The third kappa shape index (κ3) is 2.13. The summed E-state index contributed by atoms with van der Waals surface area (Å²) < 4.78 is 38.3. The van der Waals surface area contributed by atoms with Crippen molar-refractivity contribution in [2.45, 2.75) is 19.1 Å². The van der Waals surface area contributed by atoms with E-state index in [4.69, 9.17) is 5.73 Å². The van der Waals surface area contributed by atoms with Crippen molar-refractivity contribution in [2.75, 3.05) is 18.8 Å². The molecule has 0 unspecified atom stereocenters. The zero-order chi connectivity index (χ0) is 11.9. The van der Waals surface area contributed by atoms with Crippen molar-refractivity contribution < 1.29 is 13.2 Å². The molecule has 0 amide bonds. The number of aryl methyl sites for hydroxylation is 1. The summed E-state index contributed by atoms with van der Waals surface area (Å²) in [6.07, 6.45) is -3.62. The predicted molar refractivity (Wildman–Crippen MR) is 52.7 cm³/mol. The van der Waals surface area contributed by atoms with Crippen molar-refractivity contribution in [2.24, 2.45) is 7.05 Å². The first kappa shape index (κ1) is 11.3. The maximum atomic E-state index is 12.2. The highest BCUT2D eigenvalue weighted by atomic mass is 19.4. The second kappa shape index (κ2) is 3.65. The van der Waals surface area contributed by atoms with E-state index in [9.17, 15) is 13.2 Å². The molecular weight excluding hydrogens is 221 g/mol. The van der Waals surface area contributed by atoms with Gasteiger partial charge in [0.2, 0.25) is 0 Å². The van der Waals surface area contributed by atoms with Crippen LogP contribution in [0.25, 0.3) is 0 Å². The average Bonchev–Trinajstić information content (AvgIpc) is 2.40. The molecule has 0 bridgehead atoms. The van der Waals surface area contributed by atoms with Crippen molar-refractivity contribution in [3.63, 3.8) is 0 Å². The molecule has 0 saturated carbocycles. The summed E-state index contributed by atoms with van der Waals surface area (Å²) in [5.74, 6) is 0.434. The number of nitrogens with two attached hydrogens (primary N) is 1. The molecule has 0 radical (unpaired) electrons. The molecule has 0 aliphatic carbocycles. The van der Waals surface area contributed by atoms with Gasteiger partial charge in [-0.25, -0.2) is 0 Å². The van der Waals surface area contributed by atoms with Gasteiger partial charge in [-0.3, -0.25) is 9.58 Å². The largest absolute Gasteiger partial charge is 0.401 e. The molecule has 1 aliphatic heterocycles. The van der Waals surface area contributed by atoms with E-state index in [1.165, 1.54) is 4.90 Å². The highest BCUT2D eigenvalue weighted by Crippen LogP contribution is 2.25. The Bertz CT molecular complexity index is 396. The summed E-state index contributed by atoms with van der Waals surface area (Å²) >= 11 is 0. The molecule has 0 fully saturated rings. The molecule has 0 atom stereocenters. The number of halogens is 3. The van der Waals surface area contributed by atoms with Crippen LogP contribution in [0.15, 0.2) is 0 Å². The minimum Gasteiger partial charge on any atom is -0.382 e. The topological polar surface area (TPSA) is 47.1 Å². The Kier molecular flexibility index (Phi) is 2.57. The number of nitrogen functional groups attached to an aromatic ring is 1. The van der Waals surface area contributed by atoms with Crippen LogP contribution in [0.2, 0.25) is 0 Å². The lowest BCUT2D eigenvalue weighted by atomic mass is 10.1. The van der Waals surface area contributed by atoms with Crippen LogP contribution < -0.4 is 5.73 Å². The van der Waals surface area contributed by atoms with Crippen molar-refractivity contribution in [3.8, 4) is 0 Å². The highest BCUT2D eigenvalue weighted by molar-refractivity contribution is 5.43. The fraction of sp³-hybridized carbons (Fsp3) is 0.667. The minimum absolute atomic E-state index is 0.259. The molecule has 0 aromatic carbocycles. The van der Waals surface area contributed by atoms with Gasteiger partial charge in [-0.05, 0) is 6.42 Å². The molecule has 0 spiro atoms. The van der Waals surface area contributed by atoms with Crippen molar-refractivity contribution in [1.29, 1.82) is 0 Å². The van der Waals surface area contributed by atoms with E-state index < -0.39 is 12.7 Å². The van der Waals surface area contributed by atoms with Crippen LogP contribution in [0.5, 0.6) is 0 Å². The Morgan fingerprint density at radius 1 is 1.44 bits per heavy atom. The second-order valence-corrected chi connectivity index (χ2v) is 4.01. The van der Waals surface area contributed by atoms with Crippen LogP contribution in [0.4, 0.5) is 19.0 Å². The quantitative estimate of drug-likeness (QED) is 0.786. The third-order valence-corrected chi connectivity index (χ3v) is 2.76. The standard InChI is InChI=1S/C9H13F3N4/c1-15-7-4-16(5-9(10,11)12)3-2-6(7)8(13)14-15/h2-5H2,1H3,(H2,13,14). The van der Waals surface area contributed by atoms with Crippen LogP contribution in [-0.2, 0) is 20.0 Å². The van der Waals surface area contributed by atoms with Crippen LogP contribution in [0, 0.1) is 0 Å². The Morgan fingerprint density at radius 3 is 2.75 bits per heavy atom. The molecule has 1 aromatic rings. The van der Waals surface area contributed by atoms with Gasteiger partial charge in [0.1, 0.15) is 5.82 Å². The first-order valence-electron chi connectivity index (χ1n) is 4.96. The van der Waals surface area contributed by atoms with Crippen LogP contribution in [0.1, 0.15) is 11.3 Å². The number of hydrogen-bond donors (Lipinski definition) is 1. The Morgan fingerprint density at radius 2 is 2.12 bits per heavy atom. The zero-order valence-corrected chi connectivity index (χ0v) is 8.88. The van der Waals surface area contributed by atoms with Crippen LogP contribution >= 0.6 is 0 Å². The summed E-state index contributed by atoms with van der Waals surface area (Å²) in [5, 5.41) is 4.01. The zero-order valence-electron chi connectivity index (χ0n) is 8.88. The van der Waals surface area contributed by atoms with Gasteiger partial charge in [-0.15, -0.1) is 0 Å². The van der Waals surface area contributed by atoms with E-state index in [-0.39, 0.29) is 6.54 Å². The van der Waals surface area contributed by atoms with E-state index in [1.54, 1.807) is 11.7 Å². The van der Waals surface area contributed by atoms with E-state index >= 15 is 0 Å². The molecule has 4 nitrogen and oxygen atoms in total. The normalized spacial score (nSPS) is 17.5. The van der Waals surface area contributed by atoms with Gasteiger partial charge in [-0.2, -0.15) is 18.3 Å². The summed E-state index contributed by atoms with van der Waals surface area (Å²) in [6.45, 7) is -0.241. The number of hydrogen-bond acceptors (Lipinski definition) is 3. The number of aromatic nitrogens is 2. The maximum absolute atomic E-state index is 12.2. The van der Waals surface area contributed by atoms with Gasteiger partial charge in [0.05, 0.1) is 12.2 Å². The number of nitrogens with zero attached hydrogens (tertiary/aromatic N) is 3. The lowest BCUT2D eigenvalue weighted by Gasteiger charge is -2.27. The lowest BCUT2D eigenvalue weighted by molar-refractivity contribution is -0.147. The maximum Gasteiger partial charge on any atom is 0.401 e. The Balaban J connectivity index is 2.15. The summed E-state index contributed by atoms with van der Waals surface area (Å²) in [4.78, 5) is 1.36. The van der Waals surface area contributed by atoms with Crippen molar-refractivity contribution in [1.82, 2.24) is 14.7 Å². The molecule has 1 aliphatic rings. The molecule has 7 heteroatoms. The highest BCUT2D eigenvalue weighted by Gasteiger charge is 2.33. The summed E-state index contributed by atoms with van der Waals surface area (Å²) in [7, 11) is 1.70. The van der Waals surface area contributed by atoms with E-state index in [0.717, 1.165) is 11.3 Å². The Hall–Kier alpha value is -1.24. The first-order valence-corrected chi connectivity index (χ1v) is 4.96.